The van der Waals surface area contributed by atoms with Gasteiger partial charge in [-0.3, -0.25) is 9.79 Å². The number of methoxy groups -OCH3 is 1. The van der Waals surface area contributed by atoms with Crippen LogP contribution in [0.1, 0.15) is 35.4 Å². The molecular formula is C19H23BrN2O2S. The zero-order valence-corrected chi connectivity index (χ0v) is 16.8. The highest BCUT2D eigenvalue weighted by atomic mass is 79.9. The highest BCUT2D eigenvalue weighted by Crippen LogP contribution is 2.30. The first-order valence-electron chi connectivity index (χ1n) is 8.30. The third-order valence-corrected chi connectivity index (χ3v) is 5.05. The summed E-state index contributed by atoms with van der Waals surface area (Å²) in [5, 5.41) is 1.93. The Labute approximate surface area is 163 Å². The van der Waals surface area contributed by atoms with E-state index in [1.54, 1.807) is 7.11 Å². The number of halogens is 1. The van der Waals surface area contributed by atoms with E-state index in [4.69, 9.17) is 9.73 Å². The zero-order valence-electron chi connectivity index (χ0n) is 14.3. The van der Waals surface area contributed by atoms with Crippen molar-refractivity contribution in [1.29, 1.82) is 0 Å². The van der Waals surface area contributed by atoms with Crippen LogP contribution < -0.4 is 9.64 Å². The molecule has 0 saturated heterocycles. The topological polar surface area (TPSA) is 41.9 Å². The Balaban J connectivity index is 0.00000225. The second kappa shape index (κ2) is 9.73. The minimum absolute atomic E-state index is 0. The summed E-state index contributed by atoms with van der Waals surface area (Å²) >= 11 is 1.48. The molecular weight excluding hydrogens is 400 g/mol. The van der Waals surface area contributed by atoms with Crippen molar-refractivity contribution >= 4 is 45.6 Å². The van der Waals surface area contributed by atoms with Crippen LogP contribution in [0.25, 0.3) is 0 Å². The monoisotopic (exact) mass is 422 g/mol. The van der Waals surface area contributed by atoms with Crippen LogP contribution in [0.15, 0.2) is 46.8 Å². The molecule has 1 aliphatic heterocycles. The molecule has 6 heteroatoms. The standard InChI is InChI=1S/C19H22N2O2S.BrH/c1-23-17-9-5-4-8-15(17)21(19-11-3-2-6-12-20-19)14-16(22)18-10-7-13-24-18;/h4-5,7-10,13H,2-3,6,11-12,14H2,1H3;1H. The van der Waals surface area contributed by atoms with Crippen molar-refractivity contribution in [3.05, 3.63) is 46.7 Å². The van der Waals surface area contributed by atoms with Crippen LogP contribution in [0.5, 0.6) is 5.75 Å². The number of para-hydroxylation sites is 2. The number of ketones is 1. The molecule has 25 heavy (non-hydrogen) atoms. The third-order valence-electron chi connectivity index (χ3n) is 4.14. The highest BCUT2D eigenvalue weighted by molar-refractivity contribution is 8.93. The van der Waals surface area contributed by atoms with E-state index >= 15 is 0 Å². The van der Waals surface area contributed by atoms with E-state index in [1.165, 1.54) is 17.8 Å². The largest absolute Gasteiger partial charge is 0.495 e. The van der Waals surface area contributed by atoms with Crippen LogP contribution in [-0.2, 0) is 0 Å². The number of rotatable bonds is 5. The Bertz CT molecular complexity index is 716. The van der Waals surface area contributed by atoms with Crippen molar-refractivity contribution in [1.82, 2.24) is 0 Å². The molecule has 3 rings (SSSR count). The number of nitrogens with zero attached hydrogens (tertiary/aromatic N) is 2. The molecule has 1 aliphatic rings. The summed E-state index contributed by atoms with van der Waals surface area (Å²) in [6.07, 6.45) is 4.31. The molecule has 0 aliphatic carbocycles. The lowest BCUT2D eigenvalue weighted by molar-refractivity contribution is 0.101. The average Bonchev–Trinajstić information content (AvgIpc) is 3.03. The fraction of sp³-hybridized carbons (Fsp3) is 0.368. The minimum atomic E-state index is 0. The normalized spacial score (nSPS) is 14.0. The van der Waals surface area contributed by atoms with Crippen LogP contribution in [0.2, 0.25) is 0 Å². The van der Waals surface area contributed by atoms with E-state index in [1.807, 2.05) is 46.7 Å². The van der Waals surface area contributed by atoms with E-state index in [-0.39, 0.29) is 22.8 Å². The SMILES string of the molecule is Br.COc1ccccc1N(CC(=O)c1cccs1)C1=NCCCCC1. The highest BCUT2D eigenvalue weighted by Gasteiger charge is 2.22. The van der Waals surface area contributed by atoms with Gasteiger partial charge in [-0.1, -0.05) is 24.6 Å². The van der Waals surface area contributed by atoms with E-state index in [0.29, 0.717) is 6.54 Å². The van der Waals surface area contributed by atoms with E-state index in [0.717, 1.165) is 48.0 Å². The van der Waals surface area contributed by atoms with E-state index < -0.39 is 0 Å². The third kappa shape index (κ3) is 4.92. The summed E-state index contributed by atoms with van der Waals surface area (Å²) in [4.78, 5) is 20.3. The predicted molar refractivity (Wildman–Crippen MR) is 110 cm³/mol. The van der Waals surface area contributed by atoms with Crippen molar-refractivity contribution in [2.24, 2.45) is 4.99 Å². The van der Waals surface area contributed by atoms with Gasteiger partial charge in [-0.15, -0.1) is 28.3 Å². The summed E-state index contributed by atoms with van der Waals surface area (Å²) < 4.78 is 5.52. The molecule has 0 fully saturated rings. The van der Waals surface area contributed by atoms with Gasteiger partial charge in [-0.25, -0.2) is 0 Å². The first-order chi connectivity index (χ1) is 11.8. The number of thiophene rings is 1. The number of amidine groups is 1. The van der Waals surface area contributed by atoms with Gasteiger partial charge >= 0.3 is 0 Å². The number of hydrogen-bond acceptors (Lipinski definition) is 5. The van der Waals surface area contributed by atoms with Gasteiger partial charge in [0.25, 0.3) is 0 Å². The Morgan fingerprint density at radius 2 is 2.04 bits per heavy atom. The average molecular weight is 423 g/mol. The number of aliphatic imine (C=N–C) groups is 1. The molecule has 0 N–H and O–H groups in total. The summed E-state index contributed by atoms with van der Waals surface area (Å²) in [5.74, 6) is 1.87. The van der Waals surface area contributed by atoms with Crippen molar-refractivity contribution < 1.29 is 9.53 Å². The number of ether oxygens (including phenoxy) is 1. The molecule has 134 valence electrons. The molecule has 4 nitrogen and oxygen atoms in total. The Hall–Kier alpha value is -1.66. The van der Waals surface area contributed by atoms with Gasteiger partial charge in [0.1, 0.15) is 11.6 Å². The van der Waals surface area contributed by atoms with E-state index in [9.17, 15) is 4.79 Å². The first-order valence-corrected chi connectivity index (χ1v) is 9.18. The second-order valence-corrected chi connectivity index (χ2v) is 6.71. The van der Waals surface area contributed by atoms with Crippen LogP contribution in [0, 0.1) is 0 Å². The molecule has 0 amide bonds. The number of anilines is 1. The summed E-state index contributed by atoms with van der Waals surface area (Å²) in [5.41, 5.74) is 0.908. The molecule has 0 atom stereocenters. The fourth-order valence-electron chi connectivity index (χ4n) is 2.91. The number of benzene rings is 1. The lowest BCUT2D eigenvalue weighted by Crippen LogP contribution is -2.36. The predicted octanol–water partition coefficient (Wildman–Crippen LogP) is 5.00. The number of carbonyl (C=O) groups is 1. The molecule has 0 bridgehead atoms. The molecule has 0 spiro atoms. The van der Waals surface area contributed by atoms with Crippen LogP contribution in [0.3, 0.4) is 0 Å². The van der Waals surface area contributed by atoms with Crippen LogP contribution >= 0.6 is 28.3 Å². The Morgan fingerprint density at radius 1 is 1.20 bits per heavy atom. The van der Waals surface area contributed by atoms with Gasteiger partial charge < -0.3 is 9.64 Å². The lowest BCUT2D eigenvalue weighted by Gasteiger charge is -2.27. The fourth-order valence-corrected chi connectivity index (χ4v) is 3.56. The second-order valence-electron chi connectivity index (χ2n) is 5.77. The van der Waals surface area contributed by atoms with Gasteiger partial charge in [-0.05, 0) is 36.4 Å². The summed E-state index contributed by atoms with van der Waals surface area (Å²) in [7, 11) is 1.66. The van der Waals surface area contributed by atoms with Gasteiger partial charge in [0.2, 0.25) is 0 Å². The van der Waals surface area contributed by atoms with E-state index in [2.05, 4.69) is 0 Å². The molecule has 0 radical (unpaired) electrons. The van der Waals surface area contributed by atoms with Crippen molar-refractivity contribution in [3.63, 3.8) is 0 Å². The molecule has 0 saturated carbocycles. The molecule has 1 aromatic heterocycles. The lowest BCUT2D eigenvalue weighted by atomic mass is 10.1. The van der Waals surface area contributed by atoms with Crippen molar-refractivity contribution in [3.8, 4) is 5.75 Å². The maximum absolute atomic E-state index is 12.7. The van der Waals surface area contributed by atoms with Gasteiger partial charge in [0.15, 0.2) is 5.78 Å². The maximum Gasteiger partial charge on any atom is 0.192 e. The number of hydrogen-bond donors (Lipinski definition) is 0. The summed E-state index contributed by atoms with van der Waals surface area (Å²) in [6, 6.07) is 11.6. The van der Waals surface area contributed by atoms with Gasteiger partial charge in [0.05, 0.1) is 24.2 Å². The van der Waals surface area contributed by atoms with Crippen molar-refractivity contribution in [2.75, 3.05) is 25.1 Å². The molecule has 2 aromatic rings. The number of Topliss-reactive ketones (excluding diaryl/α,β-unsaturated/α-hetero) is 1. The minimum Gasteiger partial charge on any atom is -0.495 e. The first kappa shape index (κ1) is 19.7. The van der Waals surface area contributed by atoms with Crippen molar-refractivity contribution in [2.45, 2.75) is 25.7 Å². The maximum atomic E-state index is 12.7. The van der Waals surface area contributed by atoms with Crippen LogP contribution in [-0.4, -0.2) is 31.8 Å². The van der Waals surface area contributed by atoms with Gasteiger partial charge in [0, 0.05) is 13.0 Å². The van der Waals surface area contributed by atoms with Gasteiger partial charge in [-0.2, -0.15) is 0 Å². The van der Waals surface area contributed by atoms with Crippen LogP contribution in [0.4, 0.5) is 5.69 Å². The quantitative estimate of drug-likeness (QED) is 0.636. The molecule has 1 aromatic carbocycles. The smallest absolute Gasteiger partial charge is 0.192 e. The Kier molecular flexibility index (Phi) is 7.65. The molecule has 2 heterocycles. The zero-order chi connectivity index (χ0) is 16.8. The molecule has 0 unspecified atom stereocenters. The summed E-state index contributed by atoms with van der Waals surface area (Å²) in [6.45, 7) is 1.12. The number of carbonyl (C=O) groups excluding carboxylic acids is 1. The Morgan fingerprint density at radius 3 is 2.80 bits per heavy atom.